The largest absolute Gasteiger partial charge is 0.480 e. The highest BCUT2D eigenvalue weighted by Gasteiger charge is 2.47. The van der Waals surface area contributed by atoms with Gasteiger partial charge in [0, 0.05) is 45.4 Å². The number of nitrogens with zero attached hydrogens (tertiary/aromatic N) is 3. The van der Waals surface area contributed by atoms with Crippen LogP contribution in [0.5, 0.6) is 5.88 Å². The Morgan fingerprint density at radius 1 is 1.28 bits per heavy atom. The molecule has 0 unspecified atom stereocenters. The molecule has 2 aliphatic heterocycles. The molecule has 1 aromatic rings. The van der Waals surface area contributed by atoms with Crippen LogP contribution < -0.4 is 4.74 Å². The van der Waals surface area contributed by atoms with Crippen LogP contribution in [-0.2, 0) is 4.74 Å². The zero-order valence-electron chi connectivity index (χ0n) is 15.1. The number of carbonyl (C=O) groups is 1. The molecule has 1 amide bonds. The second-order valence-corrected chi connectivity index (χ2v) is 7.51. The molecule has 4 rings (SSSR count). The molecule has 1 aromatic heterocycles. The van der Waals surface area contributed by atoms with Gasteiger partial charge in [-0.25, -0.2) is 4.98 Å². The summed E-state index contributed by atoms with van der Waals surface area (Å²) in [5.74, 6) is 1.70. The zero-order valence-corrected chi connectivity index (χ0v) is 15.1. The van der Waals surface area contributed by atoms with E-state index in [-0.39, 0.29) is 18.1 Å². The van der Waals surface area contributed by atoms with Gasteiger partial charge in [0.1, 0.15) is 5.56 Å². The smallest absolute Gasteiger partial charge is 0.259 e. The number of pyridine rings is 1. The molecular weight excluding hydrogens is 318 g/mol. The predicted octanol–water partition coefficient (Wildman–Crippen LogP) is 1.66. The fourth-order valence-corrected chi connectivity index (χ4v) is 4.47. The van der Waals surface area contributed by atoms with E-state index in [9.17, 15) is 4.79 Å². The van der Waals surface area contributed by atoms with Gasteiger partial charge in [-0.2, -0.15) is 0 Å². The highest BCUT2D eigenvalue weighted by atomic mass is 16.5. The van der Waals surface area contributed by atoms with Gasteiger partial charge < -0.3 is 19.3 Å². The maximum Gasteiger partial charge on any atom is 0.259 e. The number of methoxy groups -OCH3 is 2. The molecule has 0 bridgehead atoms. The summed E-state index contributed by atoms with van der Waals surface area (Å²) in [6.07, 6.45) is 5.50. The number of carbonyl (C=O) groups excluding carboxylic acids is 1. The molecule has 0 spiro atoms. The Kier molecular flexibility index (Phi) is 4.65. The molecule has 0 radical (unpaired) electrons. The minimum atomic E-state index is 0.0303. The van der Waals surface area contributed by atoms with Crippen LogP contribution >= 0.6 is 0 Å². The third kappa shape index (κ3) is 3.25. The highest BCUT2D eigenvalue weighted by molar-refractivity contribution is 5.96. The highest BCUT2D eigenvalue weighted by Crippen LogP contribution is 2.37. The molecule has 2 saturated heterocycles. The van der Waals surface area contributed by atoms with E-state index in [2.05, 4.69) is 9.88 Å². The molecular formula is C19H27N3O3. The molecule has 136 valence electrons. The molecule has 0 aromatic carbocycles. The fraction of sp³-hybridized carbons (Fsp3) is 0.684. The van der Waals surface area contributed by atoms with Crippen LogP contribution in [0, 0.1) is 11.8 Å². The van der Waals surface area contributed by atoms with Crippen molar-refractivity contribution < 1.29 is 14.3 Å². The predicted molar refractivity (Wildman–Crippen MR) is 93.7 cm³/mol. The Balaban J connectivity index is 1.55. The zero-order chi connectivity index (χ0) is 17.4. The normalized spacial score (nSPS) is 29.5. The summed E-state index contributed by atoms with van der Waals surface area (Å²) in [6.45, 7) is 3.89. The number of ether oxygens (including phenoxy) is 2. The van der Waals surface area contributed by atoms with Gasteiger partial charge in [0.2, 0.25) is 5.88 Å². The SMILES string of the molecule is COc1ncccc1C(=O)N1CC[C@H](OC)[C@H]2CN(CC3CC3)C[C@H]21. The Morgan fingerprint density at radius 2 is 2.12 bits per heavy atom. The number of aromatic nitrogens is 1. The van der Waals surface area contributed by atoms with Crippen LogP contribution in [0.4, 0.5) is 0 Å². The molecule has 0 N–H and O–H groups in total. The number of hydrogen-bond acceptors (Lipinski definition) is 5. The minimum Gasteiger partial charge on any atom is -0.480 e. The van der Waals surface area contributed by atoms with Crippen LogP contribution in [-0.4, -0.2) is 73.2 Å². The van der Waals surface area contributed by atoms with Crippen molar-refractivity contribution in [2.24, 2.45) is 11.8 Å². The lowest BCUT2D eigenvalue weighted by Crippen LogP contribution is -2.53. The van der Waals surface area contributed by atoms with E-state index in [4.69, 9.17) is 9.47 Å². The lowest BCUT2D eigenvalue weighted by Gasteiger charge is -2.41. The van der Waals surface area contributed by atoms with Crippen LogP contribution in [0.2, 0.25) is 0 Å². The summed E-state index contributed by atoms with van der Waals surface area (Å²) in [5.41, 5.74) is 0.556. The average molecular weight is 345 g/mol. The van der Waals surface area contributed by atoms with Crippen molar-refractivity contribution in [2.75, 3.05) is 40.4 Å². The summed E-state index contributed by atoms with van der Waals surface area (Å²) in [5, 5.41) is 0. The van der Waals surface area contributed by atoms with Crippen LogP contribution in [0.15, 0.2) is 18.3 Å². The van der Waals surface area contributed by atoms with E-state index in [1.165, 1.54) is 19.4 Å². The number of amides is 1. The van der Waals surface area contributed by atoms with E-state index in [1.807, 2.05) is 11.0 Å². The number of rotatable bonds is 5. The summed E-state index contributed by atoms with van der Waals surface area (Å²) in [4.78, 5) is 22.0. The van der Waals surface area contributed by atoms with Gasteiger partial charge in [-0.3, -0.25) is 4.79 Å². The monoisotopic (exact) mass is 345 g/mol. The topological polar surface area (TPSA) is 54.9 Å². The summed E-state index contributed by atoms with van der Waals surface area (Å²) >= 11 is 0. The average Bonchev–Trinajstić information content (AvgIpc) is 3.36. The first-order chi connectivity index (χ1) is 12.2. The molecule has 6 nitrogen and oxygen atoms in total. The molecule has 25 heavy (non-hydrogen) atoms. The van der Waals surface area contributed by atoms with Crippen LogP contribution in [0.3, 0.4) is 0 Å². The van der Waals surface area contributed by atoms with E-state index in [0.29, 0.717) is 17.4 Å². The lowest BCUT2D eigenvalue weighted by molar-refractivity contribution is -0.0157. The maximum atomic E-state index is 13.2. The first-order valence-electron chi connectivity index (χ1n) is 9.26. The van der Waals surface area contributed by atoms with Gasteiger partial charge in [0.15, 0.2) is 0 Å². The standard InChI is InChI=1S/C19H27N3O3/c1-24-17-7-9-22(19(23)14-4-3-8-20-18(14)25-2)16-12-21(11-15(16)17)10-13-5-6-13/h3-4,8,13,15-17H,5-7,9-12H2,1-2H3/t15-,16+,17-/m0/s1. The van der Waals surface area contributed by atoms with Crippen molar-refractivity contribution in [3.8, 4) is 5.88 Å². The number of piperidine rings is 1. The van der Waals surface area contributed by atoms with Gasteiger partial charge in [-0.15, -0.1) is 0 Å². The summed E-state index contributed by atoms with van der Waals surface area (Å²) in [7, 11) is 3.36. The maximum absolute atomic E-state index is 13.2. The van der Waals surface area contributed by atoms with E-state index in [1.54, 1.807) is 26.5 Å². The number of fused-ring (bicyclic) bond motifs is 1. The third-order valence-electron chi connectivity index (χ3n) is 5.91. The van der Waals surface area contributed by atoms with Crippen LogP contribution in [0.25, 0.3) is 0 Å². The first-order valence-corrected chi connectivity index (χ1v) is 9.26. The quantitative estimate of drug-likeness (QED) is 0.812. The molecule has 3 atom stereocenters. The minimum absolute atomic E-state index is 0.0303. The number of hydrogen-bond donors (Lipinski definition) is 0. The molecule has 6 heteroatoms. The van der Waals surface area contributed by atoms with Gasteiger partial charge in [-0.05, 0) is 37.3 Å². The first kappa shape index (κ1) is 16.8. The Bertz CT molecular complexity index is 634. The summed E-state index contributed by atoms with van der Waals surface area (Å²) < 4.78 is 11.1. The van der Waals surface area contributed by atoms with Crippen molar-refractivity contribution >= 4 is 5.91 Å². The van der Waals surface area contributed by atoms with E-state index >= 15 is 0 Å². The lowest BCUT2D eigenvalue weighted by atomic mass is 9.88. The van der Waals surface area contributed by atoms with E-state index < -0.39 is 0 Å². The van der Waals surface area contributed by atoms with Gasteiger partial charge in [0.25, 0.3) is 5.91 Å². The summed E-state index contributed by atoms with van der Waals surface area (Å²) in [6, 6.07) is 3.82. The van der Waals surface area contributed by atoms with Gasteiger partial charge in [-0.1, -0.05) is 0 Å². The van der Waals surface area contributed by atoms with Gasteiger partial charge in [0.05, 0.1) is 19.3 Å². The Morgan fingerprint density at radius 3 is 2.84 bits per heavy atom. The Labute approximate surface area is 149 Å². The van der Waals surface area contributed by atoms with E-state index in [0.717, 1.165) is 32.0 Å². The van der Waals surface area contributed by atoms with Crippen molar-refractivity contribution in [1.29, 1.82) is 0 Å². The van der Waals surface area contributed by atoms with Crippen LogP contribution in [0.1, 0.15) is 29.6 Å². The molecule has 1 aliphatic carbocycles. The molecule has 1 saturated carbocycles. The van der Waals surface area contributed by atoms with Crippen molar-refractivity contribution in [2.45, 2.75) is 31.4 Å². The van der Waals surface area contributed by atoms with Crippen molar-refractivity contribution in [3.63, 3.8) is 0 Å². The molecule has 3 aliphatic rings. The second-order valence-electron chi connectivity index (χ2n) is 7.51. The second kappa shape index (κ2) is 6.92. The van der Waals surface area contributed by atoms with Gasteiger partial charge >= 0.3 is 0 Å². The van der Waals surface area contributed by atoms with Crippen molar-refractivity contribution in [1.82, 2.24) is 14.8 Å². The fourth-order valence-electron chi connectivity index (χ4n) is 4.47. The Hall–Kier alpha value is -1.66. The van der Waals surface area contributed by atoms with Crippen molar-refractivity contribution in [3.05, 3.63) is 23.9 Å². The third-order valence-corrected chi connectivity index (χ3v) is 5.91. The number of likely N-dealkylation sites (tertiary alicyclic amines) is 2. The molecule has 3 heterocycles. The molecule has 3 fully saturated rings.